The number of anilines is 2. The average molecular weight is 416 g/mol. The molecule has 29 heavy (non-hydrogen) atoms. The minimum absolute atomic E-state index is 0.0291. The lowest BCUT2D eigenvalue weighted by atomic mass is 9.86. The zero-order valence-corrected chi connectivity index (χ0v) is 17.2. The van der Waals surface area contributed by atoms with Gasteiger partial charge >= 0.3 is 6.18 Å². The number of nitrogens with one attached hydrogen (secondary N) is 1. The van der Waals surface area contributed by atoms with Crippen molar-refractivity contribution >= 4 is 11.6 Å². The predicted octanol–water partition coefficient (Wildman–Crippen LogP) is 5.35. The van der Waals surface area contributed by atoms with E-state index in [1.54, 1.807) is 34.6 Å². The molecule has 0 unspecified atom stereocenters. The number of nitrogen functional groups attached to an aromatic ring is 1. The lowest BCUT2D eigenvalue weighted by Gasteiger charge is -2.28. The van der Waals surface area contributed by atoms with E-state index in [0.717, 1.165) is 6.92 Å². The number of aromatic nitrogens is 2. The summed E-state index contributed by atoms with van der Waals surface area (Å²) in [7, 11) is 0. The van der Waals surface area contributed by atoms with Crippen molar-refractivity contribution in [3.63, 3.8) is 0 Å². The molecular weight excluding hydrogens is 391 g/mol. The van der Waals surface area contributed by atoms with Crippen LogP contribution in [0.4, 0.5) is 33.6 Å². The second kappa shape index (κ2) is 7.42. The Balaban J connectivity index is 2.48. The van der Waals surface area contributed by atoms with Crippen LogP contribution in [0.25, 0.3) is 0 Å². The number of halogens is 5. The van der Waals surface area contributed by atoms with Gasteiger partial charge in [-0.25, -0.2) is 18.7 Å². The van der Waals surface area contributed by atoms with Gasteiger partial charge in [-0.2, -0.15) is 13.2 Å². The summed E-state index contributed by atoms with van der Waals surface area (Å²) in [6.07, 6.45) is -4.74. The fraction of sp³-hybridized carbons (Fsp3) is 0.500. The predicted molar refractivity (Wildman–Crippen MR) is 103 cm³/mol. The summed E-state index contributed by atoms with van der Waals surface area (Å²) in [6, 6.07) is 2.50. The standard InChI is InChI=1S/C20H25F5N4/c1-10-13(20(23,24)25)16(18(2,3)4)29-17(14(10)22)27-9-19(5,6)15-11(21)7-8-12(26)28-15/h7-8H,9H2,1-6H3,(H2,26,28)(H,27,29). The smallest absolute Gasteiger partial charge is 0.384 e. The van der Waals surface area contributed by atoms with E-state index in [2.05, 4.69) is 15.3 Å². The number of nitrogens with two attached hydrogens (primary N) is 1. The molecule has 0 aliphatic rings. The van der Waals surface area contributed by atoms with Crippen molar-refractivity contribution in [2.45, 2.75) is 58.5 Å². The van der Waals surface area contributed by atoms with Crippen LogP contribution in [0.3, 0.4) is 0 Å². The quantitative estimate of drug-likeness (QED) is 0.660. The molecule has 2 aromatic heterocycles. The number of hydrogen-bond acceptors (Lipinski definition) is 4. The second-order valence-electron chi connectivity index (χ2n) is 8.67. The Kier molecular flexibility index (Phi) is 5.84. The summed E-state index contributed by atoms with van der Waals surface area (Å²) in [5.74, 6) is -1.88. The summed E-state index contributed by atoms with van der Waals surface area (Å²) in [5, 5.41) is 2.73. The van der Waals surface area contributed by atoms with Gasteiger partial charge in [0.2, 0.25) is 0 Å². The van der Waals surface area contributed by atoms with E-state index < -0.39 is 39.8 Å². The lowest BCUT2D eigenvalue weighted by Crippen LogP contribution is -2.32. The first-order valence-electron chi connectivity index (χ1n) is 9.00. The average Bonchev–Trinajstić information content (AvgIpc) is 2.55. The molecule has 4 nitrogen and oxygen atoms in total. The zero-order valence-electron chi connectivity index (χ0n) is 17.2. The van der Waals surface area contributed by atoms with Crippen LogP contribution in [0.2, 0.25) is 0 Å². The van der Waals surface area contributed by atoms with Gasteiger partial charge in [0.05, 0.1) is 17.0 Å². The van der Waals surface area contributed by atoms with Crippen LogP contribution in [0.1, 0.15) is 57.1 Å². The van der Waals surface area contributed by atoms with Crippen LogP contribution in [-0.2, 0) is 17.0 Å². The van der Waals surface area contributed by atoms with Crippen molar-refractivity contribution in [2.75, 3.05) is 17.6 Å². The molecule has 0 bridgehead atoms. The highest BCUT2D eigenvalue weighted by Gasteiger charge is 2.41. The van der Waals surface area contributed by atoms with Crippen molar-refractivity contribution in [1.29, 1.82) is 0 Å². The maximum absolute atomic E-state index is 14.7. The highest BCUT2D eigenvalue weighted by atomic mass is 19.4. The molecule has 0 saturated carbocycles. The molecule has 3 N–H and O–H groups in total. The molecule has 9 heteroatoms. The highest BCUT2D eigenvalue weighted by Crippen LogP contribution is 2.41. The summed E-state index contributed by atoms with van der Waals surface area (Å²) >= 11 is 0. The molecule has 0 aliphatic heterocycles. The van der Waals surface area contributed by atoms with Crippen LogP contribution < -0.4 is 11.1 Å². The third kappa shape index (κ3) is 4.76. The van der Waals surface area contributed by atoms with Crippen LogP contribution >= 0.6 is 0 Å². The number of alkyl halides is 3. The first-order chi connectivity index (χ1) is 13.1. The van der Waals surface area contributed by atoms with Crippen molar-refractivity contribution in [2.24, 2.45) is 0 Å². The van der Waals surface area contributed by atoms with E-state index in [9.17, 15) is 22.0 Å². The van der Waals surface area contributed by atoms with Gasteiger partial charge in [-0.1, -0.05) is 34.6 Å². The summed E-state index contributed by atoms with van der Waals surface area (Å²) in [5.41, 5.74) is 1.89. The monoisotopic (exact) mass is 416 g/mol. The van der Waals surface area contributed by atoms with Crippen molar-refractivity contribution < 1.29 is 22.0 Å². The zero-order chi connectivity index (χ0) is 22.4. The third-order valence-electron chi connectivity index (χ3n) is 4.57. The minimum Gasteiger partial charge on any atom is -0.384 e. The Hall–Kier alpha value is -2.45. The Morgan fingerprint density at radius 1 is 0.966 bits per heavy atom. The summed E-state index contributed by atoms with van der Waals surface area (Å²) < 4.78 is 69.5. The fourth-order valence-electron chi connectivity index (χ4n) is 3.01. The molecule has 0 saturated heterocycles. The van der Waals surface area contributed by atoms with E-state index in [1.807, 2.05) is 0 Å². The van der Waals surface area contributed by atoms with E-state index in [0.29, 0.717) is 0 Å². The Labute approximate surface area is 166 Å². The normalized spacial score (nSPS) is 12.9. The summed E-state index contributed by atoms with van der Waals surface area (Å²) in [6.45, 7) is 9.07. The second-order valence-corrected chi connectivity index (χ2v) is 8.67. The molecule has 0 aromatic carbocycles. The minimum atomic E-state index is -4.74. The highest BCUT2D eigenvalue weighted by molar-refractivity contribution is 5.49. The largest absolute Gasteiger partial charge is 0.418 e. The molecule has 160 valence electrons. The van der Waals surface area contributed by atoms with Gasteiger partial charge in [-0.15, -0.1) is 0 Å². The number of nitrogens with zero attached hydrogens (tertiary/aromatic N) is 2. The third-order valence-corrected chi connectivity index (χ3v) is 4.57. The molecule has 0 atom stereocenters. The van der Waals surface area contributed by atoms with Gasteiger partial charge in [0.25, 0.3) is 0 Å². The van der Waals surface area contributed by atoms with E-state index in [1.165, 1.54) is 12.1 Å². The first-order valence-corrected chi connectivity index (χ1v) is 9.00. The van der Waals surface area contributed by atoms with Crippen LogP contribution in [0, 0.1) is 18.6 Å². The van der Waals surface area contributed by atoms with Gasteiger partial charge in [-0.3, -0.25) is 0 Å². The van der Waals surface area contributed by atoms with Crippen LogP contribution in [0.15, 0.2) is 12.1 Å². The Morgan fingerprint density at radius 3 is 2.07 bits per heavy atom. The molecule has 2 heterocycles. The van der Waals surface area contributed by atoms with E-state index in [-0.39, 0.29) is 29.6 Å². The van der Waals surface area contributed by atoms with Crippen LogP contribution in [-0.4, -0.2) is 16.5 Å². The van der Waals surface area contributed by atoms with Crippen molar-refractivity contribution in [3.8, 4) is 0 Å². The van der Waals surface area contributed by atoms with Gasteiger partial charge in [0.1, 0.15) is 11.6 Å². The van der Waals surface area contributed by atoms with E-state index >= 15 is 0 Å². The molecule has 0 radical (unpaired) electrons. The molecule has 2 rings (SSSR count). The van der Waals surface area contributed by atoms with Crippen molar-refractivity contribution in [3.05, 3.63) is 46.3 Å². The maximum atomic E-state index is 14.7. The van der Waals surface area contributed by atoms with Crippen LogP contribution in [0.5, 0.6) is 0 Å². The molecule has 2 aromatic rings. The number of rotatable bonds is 4. The molecule has 0 amide bonds. The topological polar surface area (TPSA) is 63.8 Å². The molecule has 0 aliphatic carbocycles. The molecule has 0 fully saturated rings. The van der Waals surface area contributed by atoms with Gasteiger partial charge in [-0.05, 0) is 19.1 Å². The van der Waals surface area contributed by atoms with Crippen molar-refractivity contribution in [1.82, 2.24) is 9.97 Å². The lowest BCUT2D eigenvalue weighted by molar-refractivity contribution is -0.139. The maximum Gasteiger partial charge on any atom is 0.418 e. The summed E-state index contributed by atoms with van der Waals surface area (Å²) in [4.78, 5) is 7.96. The molecule has 0 spiro atoms. The van der Waals surface area contributed by atoms with Gasteiger partial charge < -0.3 is 11.1 Å². The van der Waals surface area contributed by atoms with E-state index in [4.69, 9.17) is 5.73 Å². The Bertz CT molecular complexity index is 915. The SMILES string of the molecule is Cc1c(F)c(NCC(C)(C)c2nc(N)ccc2F)nc(C(C)(C)C)c1C(F)(F)F. The number of hydrogen-bond donors (Lipinski definition) is 2. The van der Waals surface area contributed by atoms with Gasteiger partial charge in [0.15, 0.2) is 11.6 Å². The number of pyridine rings is 2. The fourth-order valence-corrected chi connectivity index (χ4v) is 3.01. The first kappa shape index (κ1) is 22.8. The Morgan fingerprint density at radius 2 is 1.55 bits per heavy atom. The molecular formula is C20H25F5N4. The van der Waals surface area contributed by atoms with Gasteiger partial charge in [0, 0.05) is 22.9 Å².